The predicted molar refractivity (Wildman–Crippen MR) is 85.3 cm³/mol. The zero-order valence-corrected chi connectivity index (χ0v) is 13.7. The molecule has 0 aliphatic carbocycles. The second-order valence-electron chi connectivity index (χ2n) is 6.39. The SMILES string of the molecule is O=C(NCC1CCCS(=O)(=O)C1)N1CCc2cc(F)ccc2C1. The van der Waals surface area contributed by atoms with Gasteiger partial charge in [0.2, 0.25) is 0 Å². The van der Waals surface area contributed by atoms with Gasteiger partial charge < -0.3 is 10.2 Å². The van der Waals surface area contributed by atoms with E-state index in [4.69, 9.17) is 0 Å². The molecular formula is C16H21FN2O3S. The van der Waals surface area contributed by atoms with Crippen LogP contribution in [-0.2, 0) is 22.8 Å². The Bertz CT molecular complexity index is 705. The molecular weight excluding hydrogens is 319 g/mol. The maximum atomic E-state index is 13.2. The number of sulfone groups is 1. The Morgan fingerprint density at radius 1 is 1.35 bits per heavy atom. The van der Waals surface area contributed by atoms with Crippen molar-refractivity contribution in [3.8, 4) is 0 Å². The van der Waals surface area contributed by atoms with Gasteiger partial charge in [0.15, 0.2) is 9.84 Å². The fourth-order valence-electron chi connectivity index (χ4n) is 3.32. The summed E-state index contributed by atoms with van der Waals surface area (Å²) in [7, 11) is -2.95. The maximum Gasteiger partial charge on any atom is 0.317 e. The number of urea groups is 1. The van der Waals surface area contributed by atoms with Gasteiger partial charge in [-0.15, -0.1) is 0 Å². The van der Waals surface area contributed by atoms with Crippen molar-refractivity contribution in [2.45, 2.75) is 25.8 Å². The molecule has 3 rings (SSSR count). The summed E-state index contributed by atoms with van der Waals surface area (Å²) < 4.78 is 36.4. The van der Waals surface area contributed by atoms with Gasteiger partial charge in [0, 0.05) is 19.6 Å². The van der Waals surface area contributed by atoms with Gasteiger partial charge in [-0.05, 0) is 48.4 Å². The van der Waals surface area contributed by atoms with Crippen LogP contribution in [0.15, 0.2) is 18.2 Å². The van der Waals surface area contributed by atoms with Crippen LogP contribution < -0.4 is 5.32 Å². The van der Waals surface area contributed by atoms with Crippen LogP contribution >= 0.6 is 0 Å². The minimum atomic E-state index is -2.95. The maximum absolute atomic E-state index is 13.2. The molecule has 0 saturated carbocycles. The van der Waals surface area contributed by atoms with E-state index in [9.17, 15) is 17.6 Å². The Labute approximate surface area is 135 Å². The van der Waals surface area contributed by atoms with Crippen LogP contribution in [0, 0.1) is 11.7 Å². The first-order valence-electron chi connectivity index (χ1n) is 7.93. The van der Waals surface area contributed by atoms with Crippen molar-refractivity contribution in [3.05, 3.63) is 35.1 Å². The van der Waals surface area contributed by atoms with E-state index in [0.717, 1.165) is 17.5 Å². The second kappa shape index (κ2) is 6.47. The van der Waals surface area contributed by atoms with E-state index in [0.29, 0.717) is 32.5 Å². The summed E-state index contributed by atoms with van der Waals surface area (Å²) >= 11 is 0. The average molecular weight is 340 g/mol. The number of halogens is 1. The van der Waals surface area contributed by atoms with E-state index in [1.165, 1.54) is 12.1 Å². The van der Waals surface area contributed by atoms with Gasteiger partial charge in [0.1, 0.15) is 5.82 Å². The molecule has 2 amide bonds. The number of hydrogen-bond acceptors (Lipinski definition) is 3. The molecule has 2 heterocycles. The topological polar surface area (TPSA) is 66.5 Å². The zero-order valence-electron chi connectivity index (χ0n) is 12.9. The summed E-state index contributed by atoms with van der Waals surface area (Å²) in [5, 5.41) is 2.85. The van der Waals surface area contributed by atoms with Crippen LogP contribution in [0.2, 0.25) is 0 Å². The van der Waals surface area contributed by atoms with Crippen LogP contribution in [0.5, 0.6) is 0 Å². The molecule has 0 spiro atoms. The second-order valence-corrected chi connectivity index (χ2v) is 8.62. The van der Waals surface area contributed by atoms with Gasteiger partial charge in [-0.2, -0.15) is 0 Å². The van der Waals surface area contributed by atoms with Crippen LogP contribution in [0.3, 0.4) is 0 Å². The number of hydrogen-bond donors (Lipinski definition) is 1. The molecule has 1 aromatic carbocycles. The third-order valence-electron chi connectivity index (χ3n) is 4.57. The molecule has 126 valence electrons. The fraction of sp³-hybridized carbons (Fsp3) is 0.562. The molecule has 1 N–H and O–H groups in total. The minimum Gasteiger partial charge on any atom is -0.338 e. The number of fused-ring (bicyclic) bond motifs is 1. The average Bonchev–Trinajstić information content (AvgIpc) is 2.51. The Hall–Kier alpha value is -1.63. The molecule has 1 unspecified atom stereocenters. The lowest BCUT2D eigenvalue weighted by Crippen LogP contribution is -2.45. The molecule has 1 aromatic rings. The quantitative estimate of drug-likeness (QED) is 0.891. The Morgan fingerprint density at radius 3 is 2.96 bits per heavy atom. The molecule has 7 heteroatoms. The molecule has 0 bridgehead atoms. The van der Waals surface area contributed by atoms with Gasteiger partial charge in [-0.25, -0.2) is 17.6 Å². The lowest BCUT2D eigenvalue weighted by Gasteiger charge is -2.30. The van der Waals surface area contributed by atoms with Crippen molar-refractivity contribution in [1.29, 1.82) is 0 Å². The highest BCUT2D eigenvalue weighted by molar-refractivity contribution is 7.91. The monoisotopic (exact) mass is 340 g/mol. The standard InChI is InChI=1S/C16H21FN2O3S/c17-15-4-3-14-10-19(6-5-13(14)8-15)16(20)18-9-12-2-1-7-23(21,22)11-12/h3-4,8,12H,1-2,5-7,9-11H2,(H,18,20). The van der Waals surface area contributed by atoms with Gasteiger partial charge in [-0.1, -0.05) is 6.07 Å². The van der Waals surface area contributed by atoms with Crippen molar-refractivity contribution in [3.63, 3.8) is 0 Å². The predicted octanol–water partition coefficient (Wildman–Crippen LogP) is 1.72. The fourth-order valence-corrected chi connectivity index (χ4v) is 5.09. The van der Waals surface area contributed by atoms with E-state index >= 15 is 0 Å². The van der Waals surface area contributed by atoms with Crippen molar-refractivity contribution < 1.29 is 17.6 Å². The van der Waals surface area contributed by atoms with Gasteiger partial charge >= 0.3 is 6.03 Å². The first kappa shape index (κ1) is 16.2. The third-order valence-corrected chi connectivity index (χ3v) is 6.46. The van der Waals surface area contributed by atoms with Crippen LogP contribution in [0.1, 0.15) is 24.0 Å². The zero-order chi connectivity index (χ0) is 16.4. The molecule has 23 heavy (non-hydrogen) atoms. The summed E-state index contributed by atoms with van der Waals surface area (Å²) in [6.07, 6.45) is 2.14. The van der Waals surface area contributed by atoms with E-state index in [1.807, 2.05) is 0 Å². The molecule has 1 atom stereocenters. The highest BCUT2D eigenvalue weighted by atomic mass is 32.2. The summed E-state index contributed by atoms with van der Waals surface area (Å²) in [5.41, 5.74) is 1.92. The van der Waals surface area contributed by atoms with Crippen LogP contribution in [-0.4, -0.2) is 43.9 Å². The number of benzene rings is 1. The number of amides is 2. The largest absolute Gasteiger partial charge is 0.338 e. The number of carbonyl (C=O) groups is 1. The molecule has 2 aliphatic heterocycles. The summed E-state index contributed by atoms with van der Waals surface area (Å²) in [5.74, 6) is 0.177. The van der Waals surface area contributed by atoms with Crippen LogP contribution in [0.25, 0.3) is 0 Å². The Balaban J connectivity index is 1.54. The van der Waals surface area contributed by atoms with Crippen LogP contribution in [0.4, 0.5) is 9.18 Å². The molecule has 0 radical (unpaired) electrons. The normalized spacial score (nSPS) is 23.2. The first-order valence-corrected chi connectivity index (χ1v) is 9.75. The third kappa shape index (κ3) is 4.02. The number of rotatable bonds is 2. The van der Waals surface area contributed by atoms with E-state index < -0.39 is 9.84 Å². The molecule has 1 fully saturated rings. The highest BCUT2D eigenvalue weighted by Gasteiger charge is 2.26. The van der Waals surface area contributed by atoms with E-state index in [1.54, 1.807) is 11.0 Å². The molecule has 2 aliphatic rings. The summed E-state index contributed by atoms with van der Waals surface area (Å²) in [6.45, 7) is 1.40. The first-order chi connectivity index (χ1) is 10.9. The molecule has 1 saturated heterocycles. The van der Waals surface area contributed by atoms with Crippen molar-refractivity contribution >= 4 is 15.9 Å². The highest BCUT2D eigenvalue weighted by Crippen LogP contribution is 2.21. The van der Waals surface area contributed by atoms with Crippen molar-refractivity contribution in [2.24, 2.45) is 5.92 Å². The lowest BCUT2D eigenvalue weighted by molar-refractivity contribution is 0.190. The van der Waals surface area contributed by atoms with E-state index in [2.05, 4.69) is 5.32 Å². The smallest absolute Gasteiger partial charge is 0.317 e. The molecule has 0 aromatic heterocycles. The number of carbonyl (C=O) groups excluding carboxylic acids is 1. The van der Waals surface area contributed by atoms with Gasteiger partial charge in [0.25, 0.3) is 0 Å². The molecule has 5 nitrogen and oxygen atoms in total. The van der Waals surface area contributed by atoms with Crippen molar-refractivity contribution in [2.75, 3.05) is 24.6 Å². The Morgan fingerprint density at radius 2 is 2.17 bits per heavy atom. The van der Waals surface area contributed by atoms with Gasteiger partial charge in [-0.3, -0.25) is 0 Å². The lowest BCUT2D eigenvalue weighted by atomic mass is 10.00. The number of nitrogens with zero attached hydrogens (tertiary/aromatic N) is 1. The van der Waals surface area contributed by atoms with Gasteiger partial charge in [0.05, 0.1) is 11.5 Å². The van der Waals surface area contributed by atoms with E-state index in [-0.39, 0.29) is 29.3 Å². The number of nitrogens with one attached hydrogen (secondary N) is 1. The Kier molecular flexibility index (Phi) is 4.57. The minimum absolute atomic E-state index is 0.00359. The summed E-state index contributed by atoms with van der Waals surface area (Å²) in [6, 6.07) is 4.48. The summed E-state index contributed by atoms with van der Waals surface area (Å²) in [4.78, 5) is 14.0. The van der Waals surface area contributed by atoms with Crippen molar-refractivity contribution in [1.82, 2.24) is 10.2 Å².